The number of hydrogen-bond acceptors (Lipinski definition) is 11. The lowest BCUT2D eigenvalue weighted by Crippen LogP contribution is -2.25. The minimum atomic E-state index is -3.84. The Morgan fingerprint density at radius 2 is 1.29 bits per heavy atom. The fourth-order valence-electron chi connectivity index (χ4n) is 9.65. The van der Waals surface area contributed by atoms with E-state index < -0.39 is 38.7 Å². The summed E-state index contributed by atoms with van der Waals surface area (Å²) in [7, 11) is 0.212. The van der Waals surface area contributed by atoms with Gasteiger partial charge in [-0.2, -0.15) is 0 Å². The monoisotopic (exact) mass is 1080 g/mol. The van der Waals surface area contributed by atoms with Crippen molar-refractivity contribution in [1.82, 2.24) is 24.8 Å². The lowest BCUT2D eigenvalue weighted by Gasteiger charge is -2.17. The molecular weight excluding hydrogens is 1020 g/mol. The smallest absolute Gasteiger partial charge is 0.232 e. The van der Waals surface area contributed by atoms with Crippen LogP contribution in [0.2, 0.25) is 5.02 Å². The first kappa shape index (κ1) is 54.3. The molecule has 5 aromatic carbocycles. The molecule has 5 heterocycles. The number of H-pyrrole nitrogens is 1. The van der Waals surface area contributed by atoms with Gasteiger partial charge >= 0.3 is 0 Å². The van der Waals surface area contributed by atoms with Crippen LogP contribution in [0.15, 0.2) is 116 Å². The molecule has 3 aromatic heterocycles. The Labute approximate surface area is 451 Å². The third-order valence-corrected chi connectivity index (χ3v) is 15.4. The number of halogens is 3. The molecule has 77 heavy (non-hydrogen) atoms. The zero-order valence-electron chi connectivity index (χ0n) is 43.2. The highest BCUT2D eigenvalue weighted by molar-refractivity contribution is 7.92. The Bertz CT molecular complexity index is 3480. The number of aromatic amines is 1. The maximum Gasteiger partial charge on any atom is 0.232 e. The summed E-state index contributed by atoms with van der Waals surface area (Å²) in [5, 5.41) is 12.6. The Hall–Kier alpha value is -7.51. The van der Waals surface area contributed by atoms with Crippen molar-refractivity contribution in [2.45, 2.75) is 51.9 Å². The number of rotatable bonds is 18. The average Bonchev–Trinajstić information content (AvgIpc) is 4.24. The molecule has 8 aromatic rings. The fourth-order valence-corrected chi connectivity index (χ4v) is 10.9. The quantitative estimate of drug-likeness (QED) is 0.0407. The molecule has 2 amide bonds. The first-order valence-electron chi connectivity index (χ1n) is 25.8. The first-order chi connectivity index (χ1) is 37.1. The van der Waals surface area contributed by atoms with Gasteiger partial charge < -0.3 is 35.6 Å². The Morgan fingerprint density at radius 3 is 1.84 bits per heavy atom. The number of sulfonamides is 1. The second-order valence-corrected chi connectivity index (χ2v) is 21.9. The molecule has 0 saturated carbocycles. The van der Waals surface area contributed by atoms with Crippen LogP contribution in [-0.4, -0.2) is 110 Å². The zero-order valence-corrected chi connectivity index (χ0v) is 44.8. The molecular formula is C58H61ClF2N10O5S. The molecule has 19 heteroatoms. The largest absolute Gasteiger partial charge is 0.378 e. The summed E-state index contributed by atoms with van der Waals surface area (Å²) in [6.07, 6.45) is 9.02. The van der Waals surface area contributed by atoms with E-state index in [0.717, 1.165) is 107 Å². The summed E-state index contributed by atoms with van der Waals surface area (Å²) in [6, 6.07) is 30.6. The molecule has 400 valence electrons. The third-order valence-electron chi connectivity index (χ3n) is 13.7. The van der Waals surface area contributed by atoms with Crippen LogP contribution in [0.25, 0.3) is 44.0 Å². The highest BCUT2D eigenvalue weighted by atomic mass is 35.5. The number of pyridine rings is 2. The number of fused-ring (bicyclic) bond motifs is 3. The van der Waals surface area contributed by atoms with Gasteiger partial charge in [-0.3, -0.25) is 19.1 Å². The van der Waals surface area contributed by atoms with E-state index in [9.17, 15) is 27.2 Å². The molecule has 0 spiro atoms. The van der Waals surface area contributed by atoms with Crippen molar-refractivity contribution >= 4 is 106 Å². The second-order valence-electron chi connectivity index (χ2n) is 19.6. The van der Waals surface area contributed by atoms with Crippen LogP contribution in [-0.2, 0) is 19.6 Å². The van der Waals surface area contributed by atoms with Crippen molar-refractivity contribution in [1.29, 1.82) is 0 Å². The predicted molar refractivity (Wildman–Crippen MR) is 305 cm³/mol. The summed E-state index contributed by atoms with van der Waals surface area (Å²) < 4.78 is 55.8. The number of hydrogen-bond donors (Lipinski definition) is 5. The molecule has 10 rings (SSSR count). The highest BCUT2D eigenvalue weighted by Crippen LogP contribution is 2.37. The van der Waals surface area contributed by atoms with Crippen molar-refractivity contribution in [3.05, 3.63) is 143 Å². The van der Waals surface area contributed by atoms with E-state index in [1.165, 1.54) is 31.9 Å². The van der Waals surface area contributed by atoms with Crippen LogP contribution in [0, 0.1) is 11.6 Å². The predicted octanol–water partition coefficient (Wildman–Crippen LogP) is 11.6. The molecule has 0 radical (unpaired) electrons. The SMILES string of the molecule is CCCS(=O)(=O)Nc1ccc(F)c(C(=O)c2c[nH]c3ncc(-c4ccc(Cl)cc4)cc23)c1F.CN(C)c1ccc(Nc2c3ccc(NC(=O)CCN4CCCC4)cc3nc3cc(NC(=O)CCN4CCCC4)ccc23)cc1. The van der Waals surface area contributed by atoms with E-state index in [4.69, 9.17) is 16.6 Å². The molecule has 2 fully saturated rings. The van der Waals surface area contributed by atoms with Crippen molar-refractivity contribution in [2.24, 2.45) is 0 Å². The van der Waals surface area contributed by atoms with E-state index in [2.05, 4.69) is 69.6 Å². The van der Waals surface area contributed by atoms with Gasteiger partial charge in [-0.15, -0.1) is 0 Å². The number of carbonyl (C=O) groups excluding carboxylic acids is 3. The van der Waals surface area contributed by atoms with Gasteiger partial charge in [-0.1, -0.05) is 30.7 Å². The van der Waals surface area contributed by atoms with Crippen molar-refractivity contribution in [3.63, 3.8) is 0 Å². The number of ketones is 1. The first-order valence-corrected chi connectivity index (χ1v) is 27.9. The summed E-state index contributed by atoms with van der Waals surface area (Å²) in [4.78, 5) is 57.6. The highest BCUT2D eigenvalue weighted by Gasteiger charge is 2.26. The van der Waals surface area contributed by atoms with Gasteiger partial charge in [0.1, 0.15) is 11.5 Å². The summed E-state index contributed by atoms with van der Waals surface area (Å²) >= 11 is 5.93. The summed E-state index contributed by atoms with van der Waals surface area (Å²) in [5.74, 6) is -3.55. The number of aromatic nitrogens is 3. The molecule has 0 aliphatic carbocycles. The molecule has 2 aliphatic heterocycles. The topological polar surface area (TPSA) is 185 Å². The van der Waals surface area contributed by atoms with Gasteiger partial charge in [-0.05, 0) is 155 Å². The van der Waals surface area contributed by atoms with Gasteiger partial charge in [0.15, 0.2) is 5.82 Å². The van der Waals surface area contributed by atoms with Gasteiger partial charge in [0.25, 0.3) is 0 Å². The Balaban J connectivity index is 0.000000196. The molecule has 15 nitrogen and oxygen atoms in total. The second kappa shape index (κ2) is 24.2. The van der Waals surface area contributed by atoms with Gasteiger partial charge in [0, 0.05) is 107 Å². The average molecular weight is 1080 g/mol. The van der Waals surface area contributed by atoms with Crippen LogP contribution < -0.4 is 25.6 Å². The molecule has 0 atom stereocenters. The number of likely N-dealkylation sites (tertiary alicyclic amines) is 2. The number of benzene rings is 5. The van der Waals surface area contributed by atoms with E-state index in [1.54, 1.807) is 43.5 Å². The maximum absolute atomic E-state index is 15.1. The third kappa shape index (κ3) is 13.4. The van der Waals surface area contributed by atoms with Crippen molar-refractivity contribution in [3.8, 4) is 11.1 Å². The van der Waals surface area contributed by atoms with Gasteiger partial charge in [-0.25, -0.2) is 27.2 Å². The molecule has 5 N–H and O–H groups in total. The van der Waals surface area contributed by atoms with Gasteiger partial charge in [0.05, 0.1) is 33.7 Å². The fraction of sp³-hybridized carbons (Fsp3) is 0.293. The van der Waals surface area contributed by atoms with Crippen LogP contribution in [0.1, 0.15) is 67.8 Å². The Morgan fingerprint density at radius 1 is 0.714 bits per heavy atom. The lowest BCUT2D eigenvalue weighted by atomic mass is 10.00. The van der Waals surface area contributed by atoms with E-state index >= 15 is 4.39 Å². The molecule has 2 saturated heterocycles. The lowest BCUT2D eigenvalue weighted by molar-refractivity contribution is -0.117. The number of carbonyl (C=O) groups is 3. The van der Waals surface area contributed by atoms with E-state index in [1.807, 2.05) is 50.5 Å². The number of nitrogens with zero attached hydrogens (tertiary/aromatic N) is 5. The standard InChI is InChI=1S/C35H43N7O2.C23H18ClF2N3O3S/c1-40(2)28-11-7-25(8-12-28)38-35-29-13-9-26(36-33(43)15-21-41-17-3-4-18-41)23-31(29)39-32-24-27(10-14-30(32)35)37-34(44)16-22-42-19-5-6-20-42;1-2-9-33(31,32)29-19-8-7-18(25)20(21(19)26)22(30)17-12-28-23-16(17)10-14(11-27-23)13-3-5-15(24)6-4-13/h7-14,23-24H,3-6,15-22H2,1-2H3,(H,36,43)(H,37,44)(H,38,39);3-8,10-12,29H,2,9H2,1H3,(H,27,28). The number of nitrogens with one attached hydrogen (secondary N) is 5. The summed E-state index contributed by atoms with van der Waals surface area (Å²) in [6.45, 7) is 7.54. The minimum Gasteiger partial charge on any atom is -0.378 e. The summed E-state index contributed by atoms with van der Waals surface area (Å²) in [5.41, 5.74) is 6.47. The van der Waals surface area contributed by atoms with E-state index in [-0.39, 0.29) is 23.1 Å². The van der Waals surface area contributed by atoms with Crippen LogP contribution in [0.5, 0.6) is 0 Å². The minimum absolute atomic E-state index is 0.000297. The van der Waals surface area contributed by atoms with Crippen LogP contribution in [0.4, 0.5) is 42.9 Å². The zero-order chi connectivity index (χ0) is 54.2. The van der Waals surface area contributed by atoms with E-state index in [0.29, 0.717) is 40.9 Å². The van der Waals surface area contributed by atoms with Crippen LogP contribution >= 0.6 is 11.6 Å². The van der Waals surface area contributed by atoms with Crippen molar-refractivity contribution < 1.29 is 31.6 Å². The number of anilines is 6. The maximum atomic E-state index is 15.1. The Kier molecular flexibility index (Phi) is 17.1. The number of amides is 2. The van der Waals surface area contributed by atoms with Crippen LogP contribution in [0.3, 0.4) is 0 Å². The van der Waals surface area contributed by atoms with Gasteiger partial charge in [0.2, 0.25) is 27.6 Å². The normalized spacial score (nSPS) is 13.9. The molecule has 0 unspecified atom stereocenters. The van der Waals surface area contributed by atoms with Crippen molar-refractivity contribution in [2.75, 3.05) is 84.7 Å². The molecule has 2 aliphatic rings. The molecule has 0 bridgehead atoms.